The molecule has 1 rings (SSSR count). The van der Waals surface area contributed by atoms with Gasteiger partial charge in [0.1, 0.15) is 36.6 Å². The van der Waals surface area contributed by atoms with Crippen LogP contribution < -0.4 is 5.32 Å². The molecular formula is C60H111NO10. The molecule has 1 fully saturated rings. The molecular weight excluding hydrogens is 895 g/mol. The van der Waals surface area contributed by atoms with Gasteiger partial charge in [0.25, 0.3) is 0 Å². The quantitative estimate of drug-likeness (QED) is 0.0215. The Hall–Kier alpha value is -1.93. The van der Waals surface area contributed by atoms with Crippen LogP contribution in [0.3, 0.4) is 0 Å². The third-order valence-electron chi connectivity index (χ3n) is 14.2. The van der Waals surface area contributed by atoms with Gasteiger partial charge in [-0.3, -0.25) is 4.79 Å². The van der Waals surface area contributed by atoms with Crippen molar-refractivity contribution in [2.75, 3.05) is 13.2 Å². The minimum atomic E-state index is -1.67. The van der Waals surface area contributed by atoms with Crippen molar-refractivity contribution in [3.8, 4) is 0 Å². The number of rotatable bonds is 50. The molecule has 9 unspecified atom stereocenters. The number of hydrogen-bond donors (Lipinski definition) is 8. The predicted octanol–water partition coefficient (Wildman–Crippen LogP) is 12.5. The van der Waals surface area contributed by atoms with Gasteiger partial charge in [-0.15, -0.1) is 0 Å². The van der Waals surface area contributed by atoms with E-state index in [1.165, 1.54) is 167 Å². The normalized spacial score (nSPS) is 20.5. The van der Waals surface area contributed by atoms with E-state index in [-0.39, 0.29) is 12.8 Å². The Labute approximate surface area is 434 Å². The molecule has 0 saturated carbocycles. The lowest BCUT2D eigenvalue weighted by Crippen LogP contribution is -2.60. The number of unbranched alkanes of at least 4 members (excludes halogenated alkanes) is 31. The van der Waals surface area contributed by atoms with Crippen LogP contribution in [0.1, 0.15) is 258 Å². The lowest BCUT2D eigenvalue weighted by molar-refractivity contribution is -0.303. The molecule has 0 aliphatic carbocycles. The molecule has 9 atom stereocenters. The van der Waals surface area contributed by atoms with Gasteiger partial charge < -0.3 is 50.5 Å². The van der Waals surface area contributed by atoms with Crippen LogP contribution in [-0.4, -0.2) is 110 Å². The summed E-state index contributed by atoms with van der Waals surface area (Å²) in [6.07, 6.45) is 50.7. The molecule has 8 N–H and O–H groups in total. The minimum Gasteiger partial charge on any atom is -0.394 e. The largest absolute Gasteiger partial charge is 0.394 e. The summed E-state index contributed by atoms with van der Waals surface area (Å²) in [6.45, 7) is 3.22. The molecule has 0 aromatic rings. The number of ether oxygens (including phenoxy) is 2. The van der Waals surface area contributed by atoms with Gasteiger partial charge in [-0.2, -0.15) is 0 Å². The number of hydrogen-bond acceptors (Lipinski definition) is 10. The number of aliphatic hydroxyl groups excluding tert-OH is 7. The summed E-state index contributed by atoms with van der Waals surface area (Å²) in [7, 11) is 0. The van der Waals surface area contributed by atoms with E-state index in [9.17, 15) is 40.5 Å². The Morgan fingerprint density at radius 2 is 0.901 bits per heavy atom. The van der Waals surface area contributed by atoms with Crippen molar-refractivity contribution in [2.24, 2.45) is 0 Å². The molecule has 0 aromatic carbocycles. The van der Waals surface area contributed by atoms with E-state index < -0.39 is 74.2 Å². The maximum atomic E-state index is 13.1. The van der Waals surface area contributed by atoms with E-state index in [0.717, 1.165) is 44.9 Å². The molecule has 416 valence electrons. The lowest BCUT2D eigenvalue weighted by atomic mass is 9.98. The van der Waals surface area contributed by atoms with Gasteiger partial charge in [0.05, 0.1) is 25.4 Å². The zero-order valence-electron chi connectivity index (χ0n) is 45.5. The first kappa shape index (κ1) is 67.1. The van der Waals surface area contributed by atoms with Gasteiger partial charge in [-0.25, -0.2) is 0 Å². The Balaban J connectivity index is 2.19. The van der Waals surface area contributed by atoms with Crippen LogP contribution in [0.2, 0.25) is 0 Å². The number of aliphatic hydroxyl groups is 7. The van der Waals surface area contributed by atoms with Crippen molar-refractivity contribution in [1.82, 2.24) is 5.32 Å². The summed E-state index contributed by atoms with van der Waals surface area (Å²) in [5, 5.41) is 75.9. The highest BCUT2D eigenvalue weighted by Crippen LogP contribution is 2.23. The monoisotopic (exact) mass is 1010 g/mol. The van der Waals surface area contributed by atoms with Gasteiger partial charge in [-0.1, -0.05) is 222 Å². The average Bonchev–Trinajstić information content (AvgIpc) is 3.37. The van der Waals surface area contributed by atoms with Crippen LogP contribution in [-0.2, 0) is 14.3 Å². The molecule has 1 aliphatic heterocycles. The van der Waals surface area contributed by atoms with Crippen LogP contribution in [0.25, 0.3) is 0 Å². The van der Waals surface area contributed by atoms with E-state index in [1.807, 2.05) is 6.92 Å². The maximum absolute atomic E-state index is 13.1. The fourth-order valence-corrected chi connectivity index (χ4v) is 9.36. The summed E-state index contributed by atoms with van der Waals surface area (Å²) in [5.74, 6) is -0.712. The highest BCUT2D eigenvalue weighted by atomic mass is 16.7. The second-order valence-electron chi connectivity index (χ2n) is 20.7. The Kier molecular flexibility index (Phi) is 46.3. The third kappa shape index (κ3) is 37.5. The molecule has 11 nitrogen and oxygen atoms in total. The van der Waals surface area contributed by atoms with E-state index in [4.69, 9.17) is 9.47 Å². The van der Waals surface area contributed by atoms with Gasteiger partial charge in [0.15, 0.2) is 6.29 Å². The minimum absolute atomic E-state index is 0.240. The van der Waals surface area contributed by atoms with Crippen molar-refractivity contribution in [3.63, 3.8) is 0 Å². The van der Waals surface area contributed by atoms with Gasteiger partial charge >= 0.3 is 0 Å². The molecule has 0 bridgehead atoms. The number of carbonyl (C=O) groups is 1. The van der Waals surface area contributed by atoms with E-state index in [1.54, 1.807) is 0 Å². The van der Waals surface area contributed by atoms with Crippen LogP contribution in [0, 0.1) is 0 Å². The molecule has 0 aromatic heterocycles. The molecule has 11 heteroatoms. The number of carbonyl (C=O) groups excluding carboxylic acids is 1. The summed E-state index contributed by atoms with van der Waals surface area (Å²) >= 11 is 0. The molecule has 1 heterocycles. The lowest BCUT2D eigenvalue weighted by Gasteiger charge is -2.40. The van der Waals surface area contributed by atoms with Crippen LogP contribution in [0.15, 0.2) is 48.6 Å². The van der Waals surface area contributed by atoms with E-state index in [0.29, 0.717) is 19.3 Å². The topological polar surface area (TPSA) is 189 Å². The number of nitrogens with one attached hydrogen (secondary N) is 1. The van der Waals surface area contributed by atoms with Crippen molar-refractivity contribution in [3.05, 3.63) is 48.6 Å². The first-order valence-electron chi connectivity index (χ1n) is 29.5. The van der Waals surface area contributed by atoms with Gasteiger partial charge in [0, 0.05) is 0 Å². The number of amides is 1. The molecule has 0 radical (unpaired) electrons. The summed E-state index contributed by atoms with van der Waals surface area (Å²) < 4.78 is 11.1. The highest BCUT2D eigenvalue weighted by Gasteiger charge is 2.44. The zero-order chi connectivity index (χ0) is 51.8. The first-order chi connectivity index (χ1) is 34.7. The molecule has 1 saturated heterocycles. The first-order valence-corrected chi connectivity index (χ1v) is 29.5. The fraction of sp³-hybridized carbons (Fsp3) is 0.850. The fourth-order valence-electron chi connectivity index (χ4n) is 9.36. The van der Waals surface area contributed by atoms with Crippen LogP contribution in [0.5, 0.6) is 0 Å². The predicted molar refractivity (Wildman–Crippen MR) is 293 cm³/mol. The van der Waals surface area contributed by atoms with E-state index in [2.05, 4.69) is 60.8 Å². The van der Waals surface area contributed by atoms with Crippen LogP contribution >= 0.6 is 0 Å². The second-order valence-corrected chi connectivity index (χ2v) is 20.7. The van der Waals surface area contributed by atoms with Crippen LogP contribution in [0.4, 0.5) is 0 Å². The Morgan fingerprint density at radius 1 is 0.507 bits per heavy atom. The van der Waals surface area contributed by atoms with Crippen molar-refractivity contribution in [2.45, 2.75) is 313 Å². The molecule has 0 spiro atoms. The summed E-state index contributed by atoms with van der Waals surface area (Å²) in [4.78, 5) is 13.1. The number of allylic oxidation sites excluding steroid dienone is 8. The molecule has 1 aliphatic rings. The third-order valence-corrected chi connectivity index (χ3v) is 14.2. The molecule has 1 amide bonds. The van der Waals surface area contributed by atoms with Crippen molar-refractivity contribution < 1.29 is 50.0 Å². The summed E-state index contributed by atoms with van der Waals surface area (Å²) in [5.41, 5.74) is 0. The van der Waals surface area contributed by atoms with Gasteiger partial charge in [-0.05, 0) is 84.0 Å². The van der Waals surface area contributed by atoms with E-state index >= 15 is 0 Å². The SMILES string of the molecule is C/C=C/CC/C=C/CC/C=C/CCCC(O)C(O)C(COC1OC(CO)C(O)C(O)C1O)NC(=O)C(O)CCCCCCCCCCCCCCCCCC/C=C\CCCCCCCCCCCCCC. The van der Waals surface area contributed by atoms with Crippen molar-refractivity contribution >= 4 is 5.91 Å². The Bertz CT molecular complexity index is 1290. The van der Waals surface area contributed by atoms with Gasteiger partial charge in [0.2, 0.25) is 5.91 Å². The Morgan fingerprint density at radius 3 is 1.34 bits per heavy atom. The second kappa shape index (κ2) is 49.0. The van der Waals surface area contributed by atoms with Crippen molar-refractivity contribution in [1.29, 1.82) is 0 Å². The smallest absolute Gasteiger partial charge is 0.249 e. The summed E-state index contributed by atoms with van der Waals surface area (Å²) in [6, 6.07) is -1.19. The average molecular weight is 1010 g/mol. The molecule has 71 heavy (non-hydrogen) atoms. The standard InChI is InChI=1S/C60H111NO10/c1-3-5-7-9-11-13-15-17-18-19-20-21-22-23-24-25-26-27-28-29-30-31-32-33-34-35-36-38-40-42-44-46-48-53(64)59(69)61-51(50-70-60-58(68)57(67)56(66)54(49-62)71-60)55(65)52(63)47-45-43-41-39-37-16-14-12-10-8-6-4-2/h4,6,12,14,23-24,39,41,51-58,60,62-68H,3,5,7-11,13,15-22,25-38,40,42-50H2,1-2H3,(H,61,69)/b6-4+,14-12+,24-23-,41-39+. The maximum Gasteiger partial charge on any atom is 0.249 e. The zero-order valence-corrected chi connectivity index (χ0v) is 45.5. The highest BCUT2D eigenvalue weighted by molar-refractivity contribution is 5.80.